The van der Waals surface area contributed by atoms with Gasteiger partial charge >= 0.3 is 5.97 Å². The van der Waals surface area contributed by atoms with Gasteiger partial charge < -0.3 is 9.84 Å². The fourth-order valence-electron chi connectivity index (χ4n) is 1.97. The summed E-state index contributed by atoms with van der Waals surface area (Å²) in [5.74, 6) is -0.235. The smallest absolute Gasteiger partial charge is 0.335 e. The number of hydrogen-bond donors (Lipinski definition) is 1. The van der Waals surface area contributed by atoms with Crippen LogP contribution >= 0.6 is 11.6 Å². The zero-order valence-corrected chi connectivity index (χ0v) is 11.1. The third-order valence-corrected chi connectivity index (χ3v) is 3.11. The molecule has 1 N–H and O–H groups in total. The SMILES string of the molecule is COc1ccc(Cl)cc1Cc1ccccc1C(=O)O. The molecule has 0 unspecified atom stereocenters. The molecule has 2 aromatic rings. The summed E-state index contributed by atoms with van der Waals surface area (Å²) in [6, 6.07) is 12.2. The van der Waals surface area contributed by atoms with Crippen LogP contribution in [0.15, 0.2) is 42.5 Å². The van der Waals surface area contributed by atoms with Crippen molar-refractivity contribution in [2.75, 3.05) is 7.11 Å². The first-order valence-corrected chi connectivity index (χ1v) is 6.13. The third-order valence-electron chi connectivity index (χ3n) is 2.87. The van der Waals surface area contributed by atoms with Gasteiger partial charge in [0.05, 0.1) is 12.7 Å². The molecule has 98 valence electrons. The molecule has 0 spiro atoms. The van der Waals surface area contributed by atoms with Gasteiger partial charge in [-0.2, -0.15) is 0 Å². The molecule has 0 saturated heterocycles. The van der Waals surface area contributed by atoms with E-state index in [2.05, 4.69) is 0 Å². The molecule has 0 fully saturated rings. The number of benzene rings is 2. The Hall–Kier alpha value is -2.00. The van der Waals surface area contributed by atoms with E-state index in [4.69, 9.17) is 21.4 Å². The van der Waals surface area contributed by atoms with Crippen molar-refractivity contribution in [3.8, 4) is 5.75 Å². The maximum Gasteiger partial charge on any atom is 0.335 e. The van der Waals surface area contributed by atoms with E-state index in [1.54, 1.807) is 43.5 Å². The van der Waals surface area contributed by atoms with E-state index in [-0.39, 0.29) is 0 Å². The van der Waals surface area contributed by atoms with Gasteiger partial charge in [0.25, 0.3) is 0 Å². The van der Waals surface area contributed by atoms with E-state index < -0.39 is 5.97 Å². The van der Waals surface area contributed by atoms with Crippen molar-refractivity contribution in [2.24, 2.45) is 0 Å². The molecule has 0 aliphatic carbocycles. The van der Waals surface area contributed by atoms with Crippen molar-refractivity contribution in [1.29, 1.82) is 0 Å². The van der Waals surface area contributed by atoms with Gasteiger partial charge in [-0.1, -0.05) is 29.8 Å². The maximum atomic E-state index is 11.2. The largest absolute Gasteiger partial charge is 0.496 e. The highest BCUT2D eigenvalue weighted by molar-refractivity contribution is 6.30. The molecule has 0 heterocycles. The van der Waals surface area contributed by atoms with Gasteiger partial charge in [-0.05, 0) is 35.4 Å². The molecule has 0 radical (unpaired) electrons. The van der Waals surface area contributed by atoms with Crippen LogP contribution in [0.5, 0.6) is 5.75 Å². The predicted molar refractivity (Wildman–Crippen MR) is 74.2 cm³/mol. The number of ether oxygens (including phenoxy) is 1. The Morgan fingerprint density at radius 1 is 1.21 bits per heavy atom. The summed E-state index contributed by atoms with van der Waals surface area (Å²) in [7, 11) is 1.58. The van der Waals surface area contributed by atoms with Gasteiger partial charge in [0.2, 0.25) is 0 Å². The Morgan fingerprint density at radius 3 is 2.63 bits per heavy atom. The predicted octanol–water partition coefficient (Wildman–Crippen LogP) is 3.64. The number of rotatable bonds is 4. The number of methoxy groups -OCH3 is 1. The Labute approximate surface area is 116 Å². The highest BCUT2D eigenvalue weighted by Crippen LogP contribution is 2.26. The Morgan fingerprint density at radius 2 is 1.95 bits per heavy atom. The van der Waals surface area contributed by atoms with E-state index in [0.29, 0.717) is 22.8 Å². The molecule has 0 aromatic heterocycles. The van der Waals surface area contributed by atoms with Gasteiger partial charge in [-0.3, -0.25) is 0 Å². The monoisotopic (exact) mass is 276 g/mol. The second-order valence-electron chi connectivity index (χ2n) is 4.10. The van der Waals surface area contributed by atoms with E-state index in [1.165, 1.54) is 0 Å². The number of halogens is 1. The van der Waals surface area contributed by atoms with Crippen LogP contribution in [-0.4, -0.2) is 18.2 Å². The summed E-state index contributed by atoms with van der Waals surface area (Å²) >= 11 is 5.97. The molecule has 4 heteroatoms. The summed E-state index contributed by atoms with van der Waals surface area (Å²) < 4.78 is 5.27. The van der Waals surface area contributed by atoms with Crippen LogP contribution in [0.2, 0.25) is 5.02 Å². The van der Waals surface area contributed by atoms with Crippen molar-refractivity contribution in [3.05, 3.63) is 64.2 Å². The zero-order valence-electron chi connectivity index (χ0n) is 10.4. The van der Waals surface area contributed by atoms with Gasteiger partial charge in [0, 0.05) is 11.4 Å². The first-order chi connectivity index (χ1) is 9.11. The Balaban J connectivity index is 2.41. The van der Waals surface area contributed by atoms with Gasteiger partial charge in [0.15, 0.2) is 0 Å². The number of carbonyl (C=O) groups is 1. The molecule has 0 atom stereocenters. The first kappa shape index (κ1) is 13.4. The van der Waals surface area contributed by atoms with Crippen LogP contribution in [0, 0.1) is 0 Å². The lowest BCUT2D eigenvalue weighted by molar-refractivity contribution is 0.0696. The van der Waals surface area contributed by atoms with Crippen molar-refractivity contribution in [3.63, 3.8) is 0 Å². The van der Waals surface area contributed by atoms with E-state index in [1.807, 2.05) is 6.07 Å². The quantitative estimate of drug-likeness (QED) is 0.927. The summed E-state index contributed by atoms with van der Waals surface area (Å²) in [5, 5.41) is 9.77. The summed E-state index contributed by atoms with van der Waals surface area (Å²) in [4.78, 5) is 11.2. The maximum absolute atomic E-state index is 11.2. The second kappa shape index (κ2) is 5.76. The molecule has 0 amide bonds. The van der Waals surface area contributed by atoms with Crippen molar-refractivity contribution >= 4 is 17.6 Å². The van der Waals surface area contributed by atoms with E-state index >= 15 is 0 Å². The van der Waals surface area contributed by atoms with Crippen LogP contribution in [0.25, 0.3) is 0 Å². The highest BCUT2D eigenvalue weighted by Gasteiger charge is 2.12. The lowest BCUT2D eigenvalue weighted by Crippen LogP contribution is -2.03. The number of hydrogen-bond acceptors (Lipinski definition) is 2. The van der Waals surface area contributed by atoms with Crippen LogP contribution < -0.4 is 4.74 Å². The summed E-state index contributed by atoms with van der Waals surface area (Å²) in [6.07, 6.45) is 0.464. The van der Waals surface area contributed by atoms with Gasteiger partial charge in [-0.15, -0.1) is 0 Å². The second-order valence-corrected chi connectivity index (χ2v) is 4.53. The standard InChI is InChI=1S/C15H13ClO3/c1-19-14-7-6-12(16)9-11(14)8-10-4-2-3-5-13(10)15(17)18/h2-7,9H,8H2,1H3,(H,17,18). The molecule has 0 bridgehead atoms. The molecular weight excluding hydrogens is 264 g/mol. The molecule has 0 aliphatic rings. The van der Waals surface area contributed by atoms with E-state index in [9.17, 15) is 4.79 Å². The van der Waals surface area contributed by atoms with Crippen molar-refractivity contribution in [2.45, 2.75) is 6.42 Å². The van der Waals surface area contributed by atoms with E-state index in [0.717, 1.165) is 11.1 Å². The topological polar surface area (TPSA) is 46.5 Å². The molecule has 19 heavy (non-hydrogen) atoms. The molecule has 2 rings (SSSR count). The molecular formula is C15H13ClO3. The average molecular weight is 277 g/mol. The van der Waals surface area contributed by atoms with Crippen molar-refractivity contribution < 1.29 is 14.6 Å². The Bertz CT molecular complexity index is 608. The van der Waals surface area contributed by atoms with Crippen molar-refractivity contribution in [1.82, 2.24) is 0 Å². The lowest BCUT2D eigenvalue weighted by Gasteiger charge is -2.10. The normalized spacial score (nSPS) is 10.2. The van der Waals surface area contributed by atoms with Crippen LogP contribution in [0.3, 0.4) is 0 Å². The minimum atomic E-state index is -0.934. The Kier molecular flexibility index (Phi) is 4.07. The minimum Gasteiger partial charge on any atom is -0.496 e. The fourth-order valence-corrected chi connectivity index (χ4v) is 2.17. The van der Waals surface area contributed by atoms with Gasteiger partial charge in [-0.25, -0.2) is 4.79 Å². The van der Waals surface area contributed by atoms with Crippen LogP contribution in [0.4, 0.5) is 0 Å². The minimum absolute atomic E-state index is 0.296. The summed E-state index contributed by atoms with van der Waals surface area (Å²) in [6.45, 7) is 0. The zero-order chi connectivity index (χ0) is 13.8. The first-order valence-electron chi connectivity index (χ1n) is 5.75. The average Bonchev–Trinajstić information content (AvgIpc) is 2.39. The van der Waals surface area contributed by atoms with Crippen LogP contribution in [-0.2, 0) is 6.42 Å². The number of carboxylic acids is 1. The number of carboxylic acid groups (broad SMARTS) is 1. The third kappa shape index (κ3) is 3.06. The molecule has 0 saturated carbocycles. The molecule has 0 aliphatic heterocycles. The summed E-state index contributed by atoms with van der Waals surface area (Å²) in [5.41, 5.74) is 1.89. The van der Waals surface area contributed by atoms with Crippen LogP contribution in [0.1, 0.15) is 21.5 Å². The molecule has 3 nitrogen and oxygen atoms in total. The fraction of sp³-hybridized carbons (Fsp3) is 0.133. The lowest BCUT2D eigenvalue weighted by atomic mass is 9.99. The highest BCUT2D eigenvalue weighted by atomic mass is 35.5. The molecule has 2 aromatic carbocycles. The number of aromatic carboxylic acids is 1. The van der Waals surface area contributed by atoms with Gasteiger partial charge in [0.1, 0.15) is 5.75 Å².